The van der Waals surface area contributed by atoms with E-state index in [1.807, 2.05) is 12.1 Å². The summed E-state index contributed by atoms with van der Waals surface area (Å²) in [6, 6.07) is 15.2. The summed E-state index contributed by atoms with van der Waals surface area (Å²) in [5.41, 5.74) is 0.458. The molecule has 212 valence electrons. The molecule has 1 unspecified atom stereocenters. The molecular weight excluding hydrogens is 532 g/mol. The molecule has 2 aromatic carbocycles. The molecular formula is C28H34N6O5S. The predicted octanol–water partition coefficient (Wildman–Crippen LogP) is 2.93. The van der Waals surface area contributed by atoms with Crippen LogP contribution in [0.2, 0.25) is 0 Å². The number of anilines is 2. The summed E-state index contributed by atoms with van der Waals surface area (Å²) < 4.78 is 33.5. The van der Waals surface area contributed by atoms with Crippen molar-refractivity contribution in [3.8, 4) is 0 Å². The lowest BCUT2D eigenvalue weighted by Gasteiger charge is -2.27. The van der Waals surface area contributed by atoms with Crippen molar-refractivity contribution >= 4 is 33.5 Å². The highest BCUT2D eigenvalue weighted by atomic mass is 32.2. The van der Waals surface area contributed by atoms with Gasteiger partial charge in [0.25, 0.3) is 5.91 Å². The number of hydrogen-bond donors (Lipinski definition) is 3. The maximum absolute atomic E-state index is 12.9. The summed E-state index contributed by atoms with van der Waals surface area (Å²) in [6.45, 7) is 5.59. The molecule has 11 nitrogen and oxygen atoms in total. The Bertz CT molecular complexity index is 1400. The van der Waals surface area contributed by atoms with E-state index in [9.17, 15) is 18.0 Å². The van der Waals surface area contributed by atoms with E-state index in [1.54, 1.807) is 69.6 Å². The number of sulfonamides is 1. The van der Waals surface area contributed by atoms with Gasteiger partial charge in [-0.3, -0.25) is 9.59 Å². The van der Waals surface area contributed by atoms with Gasteiger partial charge in [-0.1, -0.05) is 18.2 Å². The number of nitrogens with one attached hydrogen (secondary N) is 3. The van der Waals surface area contributed by atoms with Crippen LogP contribution in [0.25, 0.3) is 0 Å². The van der Waals surface area contributed by atoms with Crippen molar-refractivity contribution in [1.29, 1.82) is 0 Å². The highest BCUT2D eigenvalue weighted by Crippen LogP contribution is 2.26. The normalized spacial score (nSPS) is 16.3. The molecule has 1 aliphatic rings. The fraction of sp³-hybridized carbons (Fsp3) is 0.357. The first-order valence-electron chi connectivity index (χ1n) is 13.0. The topological polar surface area (TPSA) is 143 Å². The summed E-state index contributed by atoms with van der Waals surface area (Å²) in [6.07, 6.45) is 5.31. The largest absolute Gasteiger partial charge is 0.459 e. The van der Waals surface area contributed by atoms with Crippen molar-refractivity contribution in [2.45, 2.75) is 56.3 Å². The number of aromatic nitrogens is 2. The van der Waals surface area contributed by atoms with Crippen LogP contribution in [0.3, 0.4) is 0 Å². The van der Waals surface area contributed by atoms with Crippen molar-refractivity contribution in [3.63, 3.8) is 0 Å². The van der Waals surface area contributed by atoms with Gasteiger partial charge in [0.05, 0.1) is 4.90 Å². The molecule has 12 heteroatoms. The number of carbonyl (C=O) groups is 2. The average molecular weight is 567 g/mol. The highest BCUT2D eigenvalue weighted by Gasteiger charge is 2.30. The van der Waals surface area contributed by atoms with Crippen LogP contribution < -0.4 is 20.3 Å². The van der Waals surface area contributed by atoms with Gasteiger partial charge in [-0.05, 0) is 76.1 Å². The molecule has 2 heterocycles. The molecule has 0 saturated carbocycles. The molecule has 0 radical (unpaired) electrons. The van der Waals surface area contributed by atoms with E-state index in [2.05, 4.69) is 30.2 Å². The van der Waals surface area contributed by atoms with Gasteiger partial charge in [0.15, 0.2) is 0 Å². The minimum Gasteiger partial charge on any atom is -0.459 e. The second kappa shape index (κ2) is 12.4. The number of rotatable bonds is 10. The van der Waals surface area contributed by atoms with Gasteiger partial charge in [0.1, 0.15) is 17.8 Å². The Hall–Kier alpha value is -4.03. The van der Waals surface area contributed by atoms with Gasteiger partial charge in [0.2, 0.25) is 16.0 Å². The minimum absolute atomic E-state index is 0.000919. The third kappa shape index (κ3) is 7.76. The highest BCUT2D eigenvalue weighted by molar-refractivity contribution is 7.89. The molecule has 4 rings (SSSR count). The molecule has 2 atom stereocenters. The Morgan fingerprint density at radius 1 is 1.02 bits per heavy atom. The van der Waals surface area contributed by atoms with Crippen molar-refractivity contribution in [3.05, 3.63) is 78.6 Å². The van der Waals surface area contributed by atoms with Crippen molar-refractivity contribution in [2.75, 3.05) is 23.3 Å². The Morgan fingerprint density at radius 3 is 2.35 bits per heavy atom. The number of hydrogen-bond acceptors (Lipinski definition) is 9. The minimum atomic E-state index is -4.04. The first-order valence-corrected chi connectivity index (χ1v) is 14.5. The van der Waals surface area contributed by atoms with Crippen molar-refractivity contribution in [2.24, 2.45) is 0 Å². The number of esters is 1. The zero-order valence-electron chi connectivity index (χ0n) is 22.7. The quantitative estimate of drug-likeness (QED) is 0.316. The second-order valence-corrected chi connectivity index (χ2v) is 12.1. The van der Waals surface area contributed by atoms with Crippen LogP contribution in [0, 0.1) is 0 Å². The zero-order chi connectivity index (χ0) is 28.8. The van der Waals surface area contributed by atoms with Crippen molar-refractivity contribution in [1.82, 2.24) is 20.0 Å². The first kappa shape index (κ1) is 29.0. The second-order valence-electron chi connectivity index (χ2n) is 10.3. The SMILES string of the molecule is CC(C)(C)OC(=O)[C@H](CNC(=O)c1ccc(N2CCCC2Nc2ncccn2)cc1)NS(=O)(=O)c1ccccc1. The number of ether oxygens (including phenoxy) is 1. The number of carbonyl (C=O) groups excluding carboxylic acids is 2. The molecule has 1 aromatic heterocycles. The molecule has 1 amide bonds. The maximum atomic E-state index is 12.9. The van der Waals surface area contributed by atoms with E-state index in [1.165, 1.54) is 12.1 Å². The van der Waals surface area contributed by atoms with Crippen LogP contribution in [0.15, 0.2) is 78.0 Å². The molecule has 0 aliphatic carbocycles. The zero-order valence-corrected chi connectivity index (χ0v) is 23.5. The Labute approximate surface area is 234 Å². The molecule has 1 saturated heterocycles. The Kier molecular flexibility index (Phi) is 9.00. The lowest BCUT2D eigenvalue weighted by molar-refractivity contribution is -0.156. The van der Waals surface area contributed by atoms with Crippen LogP contribution in [0.1, 0.15) is 44.0 Å². The van der Waals surface area contributed by atoms with E-state index < -0.39 is 33.5 Å². The van der Waals surface area contributed by atoms with Gasteiger partial charge < -0.3 is 20.3 Å². The average Bonchev–Trinajstić information content (AvgIpc) is 3.39. The van der Waals surface area contributed by atoms with E-state index >= 15 is 0 Å². The fourth-order valence-corrected chi connectivity index (χ4v) is 5.46. The molecule has 3 N–H and O–H groups in total. The van der Waals surface area contributed by atoms with E-state index in [0.717, 1.165) is 25.1 Å². The van der Waals surface area contributed by atoms with Crippen LogP contribution >= 0.6 is 0 Å². The fourth-order valence-electron chi connectivity index (χ4n) is 4.25. The summed E-state index contributed by atoms with van der Waals surface area (Å²) in [7, 11) is -4.04. The van der Waals surface area contributed by atoms with Gasteiger partial charge in [0, 0.05) is 36.7 Å². The standard InChI is InChI=1S/C28H34N6O5S/c1-28(2,3)39-26(36)23(33-40(37,38)22-9-5-4-6-10-22)19-31-25(35)20-12-14-21(15-13-20)34-18-7-11-24(34)32-27-29-16-8-17-30-27/h4-6,8-10,12-17,23-24,33H,7,11,18-19H2,1-3H3,(H,31,35)(H,29,30,32)/t23-,24?/m0/s1. The third-order valence-corrected chi connectivity index (χ3v) is 7.57. The molecule has 40 heavy (non-hydrogen) atoms. The van der Waals surface area contributed by atoms with E-state index in [4.69, 9.17) is 4.74 Å². The Balaban J connectivity index is 1.42. The third-order valence-electron chi connectivity index (χ3n) is 6.08. The lowest BCUT2D eigenvalue weighted by atomic mass is 10.1. The van der Waals surface area contributed by atoms with Gasteiger partial charge in [-0.25, -0.2) is 18.4 Å². The number of nitrogens with zero attached hydrogens (tertiary/aromatic N) is 3. The van der Waals surface area contributed by atoms with Crippen LogP contribution in [0.5, 0.6) is 0 Å². The van der Waals surface area contributed by atoms with Gasteiger partial charge >= 0.3 is 5.97 Å². The van der Waals surface area contributed by atoms with Gasteiger partial charge in [-0.2, -0.15) is 4.72 Å². The van der Waals surface area contributed by atoms with Gasteiger partial charge in [-0.15, -0.1) is 0 Å². The summed E-state index contributed by atoms with van der Waals surface area (Å²) in [5.74, 6) is -0.691. The summed E-state index contributed by atoms with van der Waals surface area (Å²) in [5, 5.41) is 6.00. The molecule has 1 fully saturated rings. The molecule has 0 spiro atoms. The van der Waals surface area contributed by atoms with Crippen LogP contribution in [-0.2, 0) is 19.6 Å². The first-order chi connectivity index (χ1) is 19.0. The van der Waals surface area contributed by atoms with Crippen LogP contribution in [-0.4, -0.2) is 61.2 Å². The molecule has 3 aromatic rings. The summed E-state index contributed by atoms with van der Waals surface area (Å²) in [4.78, 5) is 36.5. The monoisotopic (exact) mass is 566 g/mol. The van der Waals surface area contributed by atoms with Crippen LogP contribution in [0.4, 0.5) is 11.6 Å². The number of amides is 1. The van der Waals surface area contributed by atoms with E-state index in [-0.39, 0.29) is 17.6 Å². The summed E-state index contributed by atoms with van der Waals surface area (Å²) >= 11 is 0. The maximum Gasteiger partial charge on any atom is 0.326 e. The molecule has 0 bridgehead atoms. The number of benzene rings is 2. The Morgan fingerprint density at radius 2 is 1.70 bits per heavy atom. The predicted molar refractivity (Wildman–Crippen MR) is 151 cm³/mol. The lowest BCUT2D eigenvalue weighted by Crippen LogP contribution is -2.50. The smallest absolute Gasteiger partial charge is 0.326 e. The van der Waals surface area contributed by atoms with Crippen molar-refractivity contribution < 1.29 is 22.7 Å². The molecule has 1 aliphatic heterocycles. The van der Waals surface area contributed by atoms with E-state index in [0.29, 0.717) is 11.5 Å².